The van der Waals surface area contributed by atoms with E-state index in [4.69, 9.17) is 0 Å². The summed E-state index contributed by atoms with van der Waals surface area (Å²) >= 11 is 0. The lowest BCUT2D eigenvalue weighted by Gasteiger charge is -2.35. The fourth-order valence-corrected chi connectivity index (χ4v) is 3.98. The molecule has 1 aliphatic heterocycles. The fraction of sp³-hybridized carbons (Fsp3) is 0.524. The van der Waals surface area contributed by atoms with Crippen LogP contribution in [0.4, 0.5) is 4.39 Å². The maximum absolute atomic E-state index is 13.4. The Morgan fingerprint density at radius 2 is 1.85 bits per heavy atom. The minimum Gasteiger partial charge on any atom is -0.350 e. The largest absolute Gasteiger partial charge is 0.350 e. The van der Waals surface area contributed by atoms with Crippen LogP contribution in [0.2, 0.25) is 0 Å². The molecule has 2 aromatic rings. The van der Waals surface area contributed by atoms with Gasteiger partial charge in [0.1, 0.15) is 5.82 Å². The summed E-state index contributed by atoms with van der Waals surface area (Å²) in [5.41, 5.74) is 3.34. The van der Waals surface area contributed by atoms with Gasteiger partial charge in [0.25, 0.3) is 5.91 Å². The van der Waals surface area contributed by atoms with Crippen molar-refractivity contribution in [2.24, 2.45) is 0 Å². The Balaban J connectivity index is 1.77. The van der Waals surface area contributed by atoms with Crippen molar-refractivity contribution in [1.29, 1.82) is 0 Å². The number of nitrogens with zero attached hydrogens (tertiary/aromatic N) is 3. The minimum absolute atomic E-state index is 0.0525. The molecule has 1 aliphatic rings. The van der Waals surface area contributed by atoms with Crippen LogP contribution in [-0.4, -0.2) is 40.2 Å². The van der Waals surface area contributed by atoms with Gasteiger partial charge >= 0.3 is 0 Å². The number of carbonyl (C=O) groups is 1. The number of hydrogen-bond acceptors (Lipinski definition) is 3. The highest BCUT2D eigenvalue weighted by Gasteiger charge is 2.24. The van der Waals surface area contributed by atoms with E-state index < -0.39 is 0 Å². The molecular formula is C21H29FN4O. The van der Waals surface area contributed by atoms with Crippen molar-refractivity contribution >= 4 is 5.91 Å². The fourth-order valence-electron chi connectivity index (χ4n) is 3.98. The summed E-state index contributed by atoms with van der Waals surface area (Å²) in [6, 6.07) is 6.69. The molecule has 1 fully saturated rings. The third kappa shape index (κ3) is 4.38. The average Bonchev–Trinajstić information content (AvgIpc) is 2.97. The zero-order valence-corrected chi connectivity index (χ0v) is 16.5. The Kier molecular flexibility index (Phi) is 6.26. The molecule has 1 aromatic carbocycles. The predicted molar refractivity (Wildman–Crippen MR) is 104 cm³/mol. The molecule has 146 valence electrons. The molecular weight excluding hydrogens is 343 g/mol. The third-order valence-electron chi connectivity index (χ3n) is 5.45. The summed E-state index contributed by atoms with van der Waals surface area (Å²) in [5.74, 6) is -0.327. The molecule has 3 rings (SSSR count). The van der Waals surface area contributed by atoms with E-state index in [0.29, 0.717) is 12.1 Å². The van der Waals surface area contributed by atoms with E-state index in [-0.39, 0.29) is 17.8 Å². The number of piperidine rings is 1. The number of aromatic nitrogens is 2. The molecule has 1 saturated heterocycles. The summed E-state index contributed by atoms with van der Waals surface area (Å²) in [6.07, 6.45) is 3.56. The van der Waals surface area contributed by atoms with Gasteiger partial charge in [0, 0.05) is 18.8 Å². The first-order valence-electron chi connectivity index (χ1n) is 9.83. The third-order valence-corrected chi connectivity index (χ3v) is 5.45. The van der Waals surface area contributed by atoms with Crippen LogP contribution in [0.3, 0.4) is 0 Å². The molecule has 1 N–H and O–H groups in total. The average molecular weight is 372 g/mol. The Morgan fingerprint density at radius 3 is 2.44 bits per heavy atom. The van der Waals surface area contributed by atoms with Crippen molar-refractivity contribution < 1.29 is 9.18 Å². The van der Waals surface area contributed by atoms with E-state index in [2.05, 4.69) is 15.3 Å². The molecule has 0 saturated carbocycles. The van der Waals surface area contributed by atoms with E-state index in [1.165, 1.54) is 18.6 Å². The van der Waals surface area contributed by atoms with Crippen molar-refractivity contribution in [3.63, 3.8) is 0 Å². The number of carbonyl (C=O) groups excluding carboxylic acids is 1. The van der Waals surface area contributed by atoms with Gasteiger partial charge in [-0.05, 0) is 64.4 Å². The van der Waals surface area contributed by atoms with Gasteiger partial charge in [0.15, 0.2) is 0 Å². The topological polar surface area (TPSA) is 50.2 Å². The van der Waals surface area contributed by atoms with Gasteiger partial charge in [-0.2, -0.15) is 5.10 Å². The molecule has 5 nitrogen and oxygen atoms in total. The highest BCUT2D eigenvalue weighted by molar-refractivity contribution is 5.96. The number of halogens is 1. The monoisotopic (exact) mass is 372 g/mol. The van der Waals surface area contributed by atoms with Gasteiger partial charge in [-0.3, -0.25) is 14.4 Å². The van der Waals surface area contributed by atoms with Gasteiger partial charge in [-0.15, -0.1) is 0 Å². The van der Waals surface area contributed by atoms with Crippen LogP contribution < -0.4 is 5.32 Å². The molecule has 0 bridgehead atoms. The molecule has 6 heteroatoms. The number of nitrogens with one attached hydrogen (secondary N) is 1. The second kappa shape index (κ2) is 8.65. The molecule has 0 radical (unpaired) electrons. The van der Waals surface area contributed by atoms with E-state index in [1.807, 2.05) is 37.6 Å². The Bertz CT molecular complexity index is 778. The van der Waals surface area contributed by atoms with Crippen molar-refractivity contribution in [2.75, 3.05) is 19.6 Å². The van der Waals surface area contributed by atoms with Crippen LogP contribution in [0.1, 0.15) is 59.5 Å². The maximum atomic E-state index is 13.4. The van der Waals surface area contributed by atoms with Gasteiger partial charge in [0.05, 0.1) is 17.3 Å². The molecule has 2 heterocycles. The van der Waals surface area contributed by atoms with Crippen molar-refractivity contribution in [2.45, 2.75) is 52.6 Å². The van der Waals surface area contributed by atoms with Crippen LogP contribution in [-0.2, 0) is 6.54 Å². The summed E-state index contributed by atoms with van der Waals surface area (Å²) in [4.78, 5) is 15.2. The zero-order chi connectivity index (χ0) is 19.4. The van der Waals surface area contributed by atoms with E-state index in [0.717, 1.165) is 49.4 Å². The number of benzene rings is 1. The number of amides is 1. The van der Waals surface area contributed by atoms with Gasteiger partial charge < -0.3 is 5.32 Å². The molecule has 0 spiro atoms. The summed E-state index contributed by atoms with van der Waals surface area (Å²) < 4.78 is 15.2. The number of likely N-dealkylation sites (tertiary alicyclic amines) is 1. The lowest BCUT2D eigenvalue weighted by molar-refractivity contribution is 0.0923. The molecule has 0 aliphatic carbocycles. The second-order valence-electron chi connectivity index (χ2n) is 7.24. The Labute approximate surface area is 160 Å². The normalized spacial score (nSPS) is 16.3. The van der Waals surface area contributed by atoms with Gasteiger partial charge in [-0.1, -0.05) is 18.6 Å². The molecule has 1 amide bonds. The van der Waals surface area contributed by atoms with Crippen molar-refractivity contribution in [1.82, 2.24) is 20.0 Å². The smallest absolute Gasteiger partial charge is 0.255 e. The second-order valence-corrected chi connectivity index (χ2v) is 7.24. The molecule has 1 aromatic heterocycles. The van der Waals surface area contributed by atoms with Crippen LogP contribution in [0.5, 0.6) is 0 Å². The zero-order valence-electron chi connectivity index (χ0n) is 16.5. The highest BCUT2D eigenvalue weighted by atomic mass is 19.1. The first kappa shape index (κ1) is 19.5. The van der Waals surface area contributed by atoms with Crippen LogP contribution in [0.25, 0.3) is 0 Å². The maximum Gasteiger partial charge on any atom is 0.255 e. The van der Waals surface area contributed by atoms with E-state index in [9.17, 15) is 9.18 Å². The summed E-state index contributed by atoms with van der Waals surface area (Å²) in [6.45, 7) is 9.07. The lowest BCUT2D eigenvalue weighted by atomic mass is 10.0. The number of aryl methyl sites for hydroxylation is 2. The Morgan fingerprint density at radius 1 is 1.19 bits per heavy atom. The van der Waals surface area contributed by atoms with Crippen molar-refractivity contribution in [3.05, 3.63) is 52.6 Å². The van der Waals surface area contributed by atoms with Crippen LogP contribution >= 0.6 is 0 Å². The molecule has 27 heavy (non-hydrogen) atoms. The van der Waals surface area contributed by atoms with Crippen molar-refractivity contribution in [3.8, 4) is 0 Å². The van der Waals surface area contributed by atoms with Crippen LogP contribution in [0.15, 0.2) is 24.3 Å². The SMILES string of the molecule is CCn1nc(C)c(C(=O)NC[C@@H](c2ccc(F)cc2)N2CCCCC2)c1C. The summed E-state index contributed by atoms with van der Waals surface area (Å²) in [5, 5.41) is 7.54. The van der Waals surface area contributed by atoms with Crippen LogP contribution in [0, 0.1) is 19.7 Å². The standard InChI is InChI=1S/C21H29FN4O/c1-4-26-16(3)20(15(2)24-26)21(27)23-14-19(25-12-6-5-7-13-25)17-8-10-18(22)11-9-17/h8-11,19H,4-7,12-14H2,1-3H3,(H,23,27)/t19-/m0/s1. The van der Waals surface area contributed by atoms with E-state index in [1.54, 1.807) is 0 Å². The highest BCUT2D eigenvalue weighted by Crippen LogP contribution is 2.25. The summed E-state index contributed by atoms with van der Waals surface area (Å²) in [7, 11) is 0. The number of hydrogen-bond donors (Lipinski definition) is 1. The van der Waals surface area contributed by atoms with E-state index >= 15 is 0 Å². The first-order chi connectivity index (χ1) is 13.0. The predicted octanol–water partition coefficient (Wildman–Crippen LogP) is 3.62. The first-order valence-corrected chi connectivity index (χ1v) is 9.83. The van der Waals surface area contributed by atoms with Gasteiger partial charge in [0.2, 0.25) is 0 Å². The molecule has 1 atom stereocenters. The molecule has 0 unspecified atom stereocenters. The Hall–Kier alpha value is -2.21. The lowest BCUT2D eigenvalue weighted by Crippen LogP contribution is -2.40. The minimum atomic E-state index is -0.238. The quantitative estimate of drug-likeness (QED) is 0.843. The number of rotatable bonds is 6. The van der Waals surface area contributed by atoms with Gasteiger partial charge in [-0.25, -0.2) is 4.39 Å².